The van der Waals surface area contributed by atoms with Gasteiger partial charge in [-0.25, -0.2) is 9.59 Å². The summed E-state index contributed by atoms with van der Waals surface area (Å²) in [6.45, 7) is 0. The number of carbonyl (C=O) groups is 2. The molecule has 48 heavy (non-hydrogen) atoms. The Morgan fingerprint density at radius 1 is 0.771 bits per heavy atom. The molecule has 3 N–H and O–H groups in total. The van der Waals surface area contributed by atoms with Gasteiger partial charge >= 0.3 is 11.9 Å². The summed E-state index contributed by atoms with van der Waals surface area (Å²) >= 11 is 0. The second kappa shape index (κ2) is 10.9. The molecule has 0 aromatic heterocycles. The Kier molecular flexibility index (Phi) is 6.72. The number of anilines is 2. The first-order valence-electron chi connectivity index (χ1n) is 15.2. The van der Waals surface area contributed by atoms with Gasteiger partial charge in [-0.05, 0) is 35.9 Å². The Bertz CT molecular complexity index is 2490. The number of aliphatic carboxylic acids is 2. The number of rotatable bonds is 5. The maximum absolute atomic E-state index is 12.6. The fraction of sp³-hybridized carbons (Fsp3) is 0.108. The van der Waals surface area contributed by atoms with E-state index in [-0.39, 0.29) is 10.5 Å². The summed E-state index contributed by atoms with van der Waals surface area (Å²) in [5, 5.41) is 21.4. The summed E-state index contributed by atoms with van der Waals surface area (Å²) in [6, 6.07) is 29.9. The lowest BCUT2D eigenvalue weighted by Gasteiger charge is -2.25. The molecule has 2 unspecified atom stereocenters. The minimum absolute atomic E-state index is 0.246. The summed E-state index contributed by atoms with van der Waals surface area (Å²) in [5.74, 6) is -1.62. The van der Waals surface area contributed by atoms with Gasteiger partial charge in [0.1, 0.15) is 22.3 Å². The molecular formula is C37H27N2O8S+. The standard InChI is InChI=1S/C37H26N2O8S/c40-36(41)30-17-21-7-1-4-10-28(21)38(30)23-13-15-25-32(19-23)47-33-20-24(39-29-11-5-2-8-22(29)18-31(39)37(42)43)14-16-26(33)35(25)27-9-3-6-12-34(27)48(44,45)46/h1-16,19-20,30-31H,17-18H2,(H2-,40,41,42,43,44,45,46)/p+1. The van der Waals surface area contributed by atoms with Crippen LogP contribution in [-0.4, -0.2) is 47.2 Å². The van der Waals surface area contributed by atoms with Crippen LogP contribution in [-0.2, 0) is 32.5 Å². The van der Waals surface area contributed by atoms with E-state index in [9.17, 15) is 32.8 Å². The molecule has 0 saturated carbocycles. The van der Waals surface area contributed by atoms with Crippen LogP contribution in [0.5, 0.6) is 0 Å². The Hall–Kier alpha value is -5.78. The lowest BCUT2D eigenvalue weighted by Crippen LogP contribution is -2.38. The van der Waals surface area contributed by atoms with E-state index in [1.165, 1.54) is 12.1 Å². The smallest absolute Gasteiger partial charge is 0.373 e. The molecule has 10 nitrogen and oxygen atoms in total. The van der Waals surface area contributed by atoms with Crippen LogP contribution in [0.25, 0.3) is 33.4 Å². The SMILES string of the molecule is O=C(O)C1Cc2ccccc2N1c1ccc2c(-c3ccccc3S(=O)(=O)O)c3ccc(=[N+]4c5ccccc5CC4C(=O)O)cc-3oc2c1. The Morgan fingerprint density at radius 2 is 1.50 bits per heavy atom. The number of carboxylic acids is 2. The van der Waals surface area contributed by atoms with Crippen molar-refractivity contribution in [2.75, 3.05) is 4.90 Å². The first-order valence-corrected chi connectivity index (χ1v) is 16.6. The number of benzene rings is 5. The summed E-state index contributed by atoms with van der Waals surface area (Å²) in [5.41, 5.74) is 5.47. The first kappa shape index (κ1) is 29.6. The topological polar surface area (TPSA) is 148 Å². The molecule has 0 fully saturated rings. The average molecular weight is 660 g/mol. The predicted octanol–water partition coefficient (Wildman–Crippen LogP) is 5.71. The zero-order valence-electron chi connectivity index (χ0n) is 25.1. The highest BCUT2D eigenvalue weighted by Crippen LogP contribution is 2.45. The molecule has 3 aliphatic heterocycles. The van der Waals surface area contributed by atoms with E-state index in [0.29, 0.717) is 51.7 Å². The summed E-state index contributed by atoms with van der Waals surface area (Å²) in [7, 11) is -4.64. The van der Waals surface area contributed by atoms with E-state index >= 15 is 0 Å². The second-order valence-corrected chi connectivity index (χ2v) is 13.3. The van der Waals surface area contributed by atoms with Gasteiger partial charge in [0, 0.05) is 63.6 Å². The monoisotopic (exact) mass is 659 g/mol. The molecule has 238 valence electrons. The molecule has 0 amide bonds. The van der Waals surface area contributed by atoms with Crippen LogP contribution in [0.3, 0.4) is 0 Å². The summed E-state index contributed by atoms with van der Waals surface area (Å²) in [4.78, 5) is 26.3. The lowest BCUT2D eigenvalue weighted by molar-refractivity contribution is -0.139. The van der Waals surface area contributed by atoms with E-state index in [4.69, 9.17) is 4.42 Å². The van der Waals surface area contributed by atoms with Crippen LogP contribution in [0.2, 0.25) is 0 Å². The van der Waals surface area contributed by atoms with Crippen molar-refractivity contribution in [3.63, 3.8) is 0 Å². The maximum Gasteiger partial charge on any atom is 0.373 e. The molecule has 0 saturated heterocycles. The second-order valence-electron chi connectivity index (χ2n) is 11.9. The Balaban J connectivity index is 1.44. The van der Waals surface area contributed by atoms with Gasteiger partial charge in [-0.3, -0.25) is 4.55 Å². The molecule has 0 bridgehead atoms. The molecule has 8 rings (SSSR count). The molecule has 3 heterocycles. The number of nitrogens with zero attached hydrogens (tertiary/aromatic N) is 2. The number of hydrogen-bond donors (Lipinski definition) is 3. The van der Waals surface area contributed by atoms with E-state index in [1.807, 2.05) is 48.5 Å². The van der Waals surface area contributed by atoms with Crippen molar-refractivity contribution in [2.45, 2.75) is 29.8 Å². The third-order valence-corrected chi connectivity index (χ3v) is 10.1. The van der Waals surface area contributed by atoms with Crippen molar-refractivity contribution >= 4 is 50.1 Å². The molecule has 4 aromatic carbocycles. The number of hydrogen-bond acceptors (Lipinski definition) is 6. The molecule has 1 aliphatic carbocycles. The third-order valence-electron chi connectivity index (χ3n) is 9.20. The zero-order valence-corrected chi connectivity index (χ0v) is 26.0. The van der Waals surface area contributed by atoms with Gasteiger partial charge in [-0.2, -0.15) is 13.0 Å². The molecule has 2 atom stereocenters. The van der Waals surface area contributed by atoms with Gasteiger partial charge in [-0.15, -0.1) is 0 Å². The summed E-state index contributed by atoms with van der Waals surface area (Å²) in [6.07, 6.45) is 0.633. The van der Waals surface area contributed by atoms with Crippen LogP contribution < -0.4 is 14.8 Å². The van der Waals surface area contributed by atoms with Crippen LogP contribution >= 0.6 is 0 Å². The largest absolute Gasteiger partial charge is 0.480 e. The normalized spacial score (nSPS) is 18.2. The lowest BCUT2D eigenvalue weighted by atomic mass is 9.93. The van der Waals surface area contributed by atoms with Crippen LogP contribution in [0.4, 0.5) is 17.1 Å². The number of carboxylic acid groups (broad SMARTS) is 2. The van der Waals surface area contributed by atoms with Gasteiger partial charge in [0.15, 0.2) is 0 Å². The van der Waals surface area contributed by atoms with Gasteiger partial charge in [-0.1, -0.05) is 54.6 Å². The minimum atomic E-state index is -4.64. The molecule has 0 radical (unpaired) electrons. The Morgan fingerprint density at radius 3 is 2.27 bits per heavy atom. The third kappa shape index (κ3) is 4.66. The summed E-state index contributed by atoms with van der Waals surface area (Å²) < 4.78 is 43.7. The maximum atomic E-state index is 12.6. The number of para-hydroxylation sites is 2. The molecular weight excluding hydrogens is 632 g/mol. The van der Waals surface area contributed by atoms with E-state index in [0.717, 1.165) is 22.5 Å². The van der Waals surface area contributed by atoms with Crippen molar-refractivity contribution in [1.82, 2.24) is 4.58 Å². The highest BCUT2D eigenvalue weighted by molar-refractivity contribution is 7.86. The molecule has 0 spiro atoms. The Labute approximate surface area is 274 Å². The van der Waals surface area contributed by atoms with Gasteiger partial charge in [0.2, 0.25) is 11.0 Å². The van der Waals surface area contributed by atoms with Gasteiger partial charge in [0.25, 0.3) is 16.2 Å². The average Bonchev–Trinajstić information content (AvgIpc) is 3.66. The minimum Gasteiger partial charge on any atom is -0.480 e. The fourth-order valence-corrected chi connectivity index (χ4v) is 7.86. The highest BCUT2D eigenvalue weighted by atomic mass is 32.2. The molecule has 4 aromatic rings. The number of fused-ring (bicyclic) bond motifs is 4. The highest BCUT2D eigenvalue weighted by Gasteiger charge is 2.40. The van der Waals surface area contributed by atoms with E-state index < -0.39 is 34.1 Å². The van der Waals surface area contributed by atoms with E-state index in [2.05, 4.69) is 0 Å². The quantitative estimate of drug-likeness (QED) is 0.120. The van der Waals surface area contributed by atoms with Crippen LogP contribution in [0.15, 0.2) is 119 Å². The van der Waals surface area contributed by atoms with Crippen molar-refractivity contribution < 1.29 is 37.2 Å². The van der Waals surface area contributed by atoms with Gasteiger partial charge < -0.3 is 19.5 Å². The zero-order chi connectivity index (χ0) is 33.3. The van der Waals surface area contributed by atoms with Crippen LogP contribution in [0, 0.1) is 0 Å². The van der Waals surface area contributed by atoms with Crippen molar-refractivity contribution in [3.05, 3.63) is 126 Å². The van der Waals surface area contributed by atoms with E-state index in [1.54, 1.807) is 58.0 Å². The molecule has 11 heteroatoms. The first-order chi connectivity index (χ1) is 23.1. The van der Waals surface area contributed by atoms with Crippen molar-refractivity contribution in [1.29, 1.82) is 0 Å². The molecule has 4 aliphatic rings. The fourth-order valence-electron chi connectivity index (χ4n) is 7.16. The van der Waals surface area contributed by atoms with Gasteiger partial charge in [0.05, 0.1) is 12.5 Å². The predicted molar refractivity (Wildman–Crippen MR) is 178 cm³/mol. The van der Waals surface area contributed by atoms with Crippen LogP contribution in [0.1, 0.15) is 11.1 Å². The van der Waals surface area contributed by atoms with Crippen molar-refractivity contribution in [3.8, 4) is 22.5 Å². The van der Waals surface area contributed by atoms with Crippen molar-refractivity contribution in [2.24, 2.45) is 0 Å².